The minimum absolute atomic E-state index is 0.236. The van der Waals surface area contributed by atoms with Gasteiger partial charge in [0.15, 0.2) is 0 Å². The molecule has 0 amide bonds. The van der Waals surface area contributed by atoms with Gasteiger partial charge in [-0.25, -0.2) is 0 Å². The van der Waals surface area contributed by atoms with E-state index in [4.69, 9.17) is 0 Å². The highest BCUT2D eigenvalue weighted by Crippen LogP contribution is 2.57. The maximum Gasteiger partial charge on any atom is 0.0540 e. The molecule has 0 heterocycles. The molecule has 2 nitrogen and oxygen atoms in total. The molecule has 2 atom stereocenters. The largest absolute Gasteiger partial charge is 0.314 e. The van der Waals surface area contributed by atoms with Gasteiger partial charge in [-0.1, -0.05) is 208 Å². The Morgan fingerprint density at radius 2 is 0.986 bits per heavy atom. The Labute approximate surface area is 421 Å². The van der Waals surface area contributed by atoms with Crippen LogP contribution in [-0.2, 0) is 18.3 Å². The molecule has 2 heteroatoms. The molecule has 0 radical (unpaired) electrons. The van der Waals surface area contributed by atoms with Crippen molar-refractivity contribution in [2.75, 3.05) is 9.80 Å². The van der Waals surface area contributed by atoms with E-state index < -0.39 is 0 Å². The van der Waals surface area contributed by atoms with E-state index in [1.54, 1.807) is 0 Å². The van der Waals surface area contributed by atoms with Crippen molar-refractivity contribution in [3.8, 4) is 11.1 Å². The summed E-state index contributed by atoms with van der Waals surface area (Å²) in [6.45, 7) is 8.15. The van der Waals surface area contributed by atoms with Crippen LogP contribution in [0.3, 0.4) is 0 Å². The van der Waals surface area contributed by atoms with Crippen LogP contribution in [0.2, 0.25) is 0 Å². The molecule has 348 valence electrons. The topological polar surface area (TPSA) is 6.48 Å². The Kier molecular flexibility index (Phi) is 13.2. The minimum atomic E-state index is -0.247. The smallest absolute Gasteiger partial charge is 0.0540 e. The van der Waals surface area contributed by atoms with Crippen LogP contribution < -0.4 is 9.80 Å². The van der Waals surface area contributed by atoms with Gasteiger partial charge in [-0.15, -0.1) is 0 Å². The Morgan fingerprint density at radius 1 is 0.451 bits per heavy atom. The first-order valence-electron chi connectivity index (χ1n) is 25.7. The highest BCUT2D eigenvalue weighted by Gasteiger charge is 2.43. The average Bonchev–Trinajstić information content (AvgIpc) is 3.69. The van der Waals surface area contributed by atoms with Gasteiger partial charge < -0.3 is 9.80 Å². The van der Waals surface area contributed by atoms with E-state index in [0.29, 0.717) is 5.92 Å². The standard InChI is InChI=1S/C69H62N2/c1-3-51-25-19-27-53(47-51)23-15-17-45-69(46-18-16-24-54-28-20-26-52(4-2)48-54)65-49-59(70(57-33-7-5-8-34-57)67-39-21-31-55-29-11-13-37-61(55)67)41-43-63(65)64-44-42-60(50-66(64)69)71(58-35-9-6-10-36-58)68-40-22-32-56-30-12-14-38-62(56)68/h3-14,19-22,25-44,47-50,55,61H,1-2,15-18,23-24,45-46H2. The second kappa shape index (κ2) is 20.6. The van der Waals surface area contributed by atoms with E-state index in [9.17, 15) is 0 Å². The van der Waals surface area contributed by atoms with Crippen LogP contribution in [0.15, 0.2) is 249 Å². The van der Waals surface area contributed by atoms with Gasteiger partial charge in [0, 0.05) is 51.1 Å². The quantitative estimate of drug-likeness (QED) is 0.0792. The molecule has 0 fully saturated rings. The monoisotopic (exact) mass is 918 g/mol. The fraction of sp³-hybridized carbons (Fsp3) is 0.159. The van der Waals surface area contributed by atoms with Gasteiger partial charge in [-0.05, 0) is 149 Å². The fourth-order valence-electron chi connectivity index (χ4n) is 11.8. The number of nitrogens with zero attached hydrogens (tertiary/aromatic N) is 2. The molecule has 11 rings (SSSR count). The lowest BCUT2D eigenvalue weighted by Crippen LogP contribution is -2.29. The first-order chi connectivity index (χ1) is 35.1. The van der Waals surface area contributed by atoms with Crippen LogP contribution >= 0.6 is 0 Å². The molecular formula is C69H62N2. The zero-order chi connectivity index (χ0) is 48.0. The number of unbranched alkanes of at least 4 members (excludes halogenated alkanes) is 2. The lowest BCUT2D eigenvalue weighted by Gasteiger charge is -2.38. The third-order valence-electron chi connectivity index (χ3n) is 15.3. The number of hydrogen-bond acceptors (Lipinski definition) is 2. The molecule has 2 unspecified atom stereocenters. The number of benzene rings is 8. The predicted molar refractivity (Wildman–Crippen MR) is 304 cm³/mol. The SMILES string of the molecule is C=Cc1cccc(CCCCC2(CCCCc3cccc(C=C)c3)c3cc(N(C4=CC=CC5C=CC=CC45)c4ccccc4)ccc3-c3ccc(N(c4ccccc4)c4cccc5ccccc45)cc32)c1. The van der Waals surface area contributed by atoms with Gasteiger partial charge in [-0.3, -0.25) is 0 Å². The Morgan fingerprint density at radius 3 is 1.62 bits per heavy atom. The summed E-state index contributed by atoms with van der Waals surface area (Å²) in [6, 6.07) is 70.2. The zero-order valence-corrected chi connectivity index (χ0v) is 40.7. The summed E-state index contributed by atoms with van der Waals surface area (Å²) in [6.07, 6.45) is 28.6. The summed E-state index contributed by atoms with van der Waals surface area (Å²) in [7, 11) is 0. The van der Waals surface area contributed by atoms with Gasteiger partial charge in [0.1, 0.15) is 0 Å². The first kappa shape index (κ1) is 45.5. The molecule has 8 aromatic rings. The second-order valence-corrected chi connectivity index (χ2v) is 19.5. The fourth-order valence-corrected chi connectivity index (χ4v) is 11.8. The number of fused-ring (bicyclic) bond motifs is 5. The number of allylic oxidation sites excluding steroid dienone is 7. The molecule has 71 heavy (non-hydrogen) atoms. The molecule has 0 N–H and O–H groups in total. The molecule has 0 bridgehead atoms. The zero-order valence-electron chi connectivity index (χ0n) is 40.7. The highest BCUT2D eigenvalue weighted by atomic mass is 15.2. The second-order valence-electron chi connectivity index (χ2n) is 19.5. The number of aryl methyl sites for hydroxylation is 2. The lowest BCUT2D eigenvalue weighted by atomic mass is 9.70. The van der Waals surface area contributed by atoms with E-state index in [1.807, 2.05) is 12.2 Å². The van der Waals surface area contributed by atoms with Gasteiger partial charge in [-0.2, -0.15) is 0 Å². The van der Waals surface area contributed by atoms with Crippen LogP contribution in [0.5, 0.6) is 0 Å². The number of para-hydroxylation sites is 2. The molecule has 0 aromatic heterocycles. The molecular weight excluding hydrogens is 857 g/mol. The van der Waals surface area contributed by atoms with E-state index in [0.717, 1.165) is 57.1 Å². The maximum absolute atomic E-state index is 4.07. The number of anilines is 5. The van der Waals surface area contributed by atoms with Crippen LogP contribution in [0.25, 0.3) is 34.1 Å². The third-order valence-corrected chi connectivity index (χ3v) is 15.3. The van der Waals surface area contributed by atoms with Crippen molar-refractivity contribution in [3.05, 3.63) is 283 Å². The van der Waals surface area contributed by atoms with Gasteiger partial charge in [0.2, 0.25) is 0 Å². The Hall–Kier alpha value is -7.94. The summed E-state index contributed by atoms with van der Waals surface area (Å²) in [5.74, 6) is 0.552. The summed E-state index contributed by atoms with van der Waals surface area (Å²) in [4.78, 5) is 5.03. The maximum atomic E-state index is 4.07. The molecule has 0 aliphatic heterocycles. The van der Waals surface area contributed by atoms with Gasteiger partial charge in [0.05, 0.1) is 5.69 Å². The molecule has 3 aliphatic rings. The highest BCUT2D eigenvalue weighted by molar-refractivity contribution is 5.99. The van der Waals surface area contributed by atoms with Crippen LogP contribution in [0, 0.1) is 11.8 Å². The predicted octanol–water partition coefficient (Wildman–Crippen LogP) is 18.6. The van der Waals surface area contributed by atoms with E-state index in [-0.39, 0.29) is 11.3 Å². The van der Waals surface area contributed by atoms with Gasteiger partial charge >= 0.3 is 0 Å². The van der Waals surface area contributed by atoms with Crippen molar-refractivity contribution in [1.29, 1.82) is 0 Å². The van der Waals surface area contributed by atoms with E-state index >= 15 is 0 Å². The van der Waals surface area contributed by atoms with Crippen LogP contribution in [0.1, 0.15) is 71.9 Å². The molecule has 0 saturated carbocycles. The normalized spacial score (nSPS) is 15.9. The summed E-state index contributed by atoms with van der Waals surface area (Å²) < 4.78 is 0. The lowest BCUT2D eigenvalue weighted by molar-refractivity contribution is 0.407. The number of rotatable bonds is 18. The Bertz CT molecular complexity index is 3270. The van der Waals surface area contributed by atoms with Crippen molar-refractivity contribution in [2.45, 2.75) is 56.8 Å². The van der Waals surface area contributed by atoms with E-state index in [1.165, 1.54) is 83.7 Å². The van der Waals surface area contributed by atoms with Crippen molar-refractivity contribution in [3.63, 3.8) is 0 Å². The van der Waals surface area contributed by atoms with Gasteiger partial charge in [0.25, 0.3) is 0 Å². The Balaban J connectivity index is 1.07. The molecule has 3 aliphatic carbocycles. The first-order valence-corrected chi connectivity index (χ1v) is 25.7. The summed E-state index contributed by atoms with van der Waals surface area (Å²) in [5, 5.41) is 2.47. The molecule has 0 saturated heterocycles. The van der Waals surface area contributed by atoms with Crippen molar-refractivity contribution >= 4 is 51.4 Å². The summed E-state index contributed by atoms with van der Waals surface area (Å²) >= 11 is 0. The van der Waals surface area contributed by atoms with Crippen LogP contribution in [0.4, 0.5) is 28.4 Å². The average molecular weight is 919 g/mol. The van der Waals surface area contributed by atoms with Crippen molar-refractivity contribution in [1.82, 2.24) is 0 Å². The third kappa shape index (κ3) is 9.19. The van der Waals surface area contributed by atoms with Crippen molar-refractivity contribution in [2.24, 2.45) is 11.8 Å². The van der Waals surface area contributed by atoms with Crippen LogP contribution in [-0.4, -0.2) is 0 Å². The molecule has 8 aromatic carbocycles. The summed E-state index contributed by atoms with van der Waals surface area (Å²) in [5.41, 5.74) is 17.7. The number of hydrogen-bond donors (Lipinski definition) is 0. The van der Waals surface area contributed by atoms with Crippen molar-refractivity contribution < 1.29 is 0 Å². The molecule has 0 spiro atoms. The van der Waals surface area contributed by atoms with E-state index in [2.05, 4.69) is 254 Å². The minimum Gasteiger partial charge on any atom is -0.314 e.